The van der Waals surface area contributed by atoms with Crippen LogP contribution in [0.4, 0.5) is 0 Å². The summed E-state index contributed by atoms with van der Waals surface area (Å²) >= 11 is 0. The van der Waals surface area contributed by atoms with Gasteiger partial charge in [0.15, 0.2) is 0 Å². The van der Waals surface area contributed by atoms with Gasteiger partial charge in [0.05, 0.1) is 12.7 Å². The van der Waals surface area contributed by atoms with E-state index in [9.17, 15) is 9.90 Å². The largest absolute Gasteiger partial charge is 0.496 e. The van der Waals surface area contributed by atoms with E-state index >= 15 is 0 Å². The summed E-state index contributed by atoms with van der Waals surface area (Å²) in [5.41, 5.74) is 3.40. The van der Waals surface area contributed by atoms with Gasteiger partial charge in [-0.05, 0) is 49.5 Å². The molecule has 3 heteroatoms. The fourth-order valence-corrected chi connectivity index (χ4v) is 2.48. The second kappa shape index (κ2) is 6.98. The molecule has 1 N–H and O–H groups in total. The van der Waals surface area contributed by atoms with E-state index in [0.717, 1.165) is 41.7 Å². The molecule has 104 valence electrons. The van der Waals surface area contributed by atoms with Crippen LogP contribution in [-0.2, 0) is 6.42 Å². The van der Waals surface area contributed by atoms with Gasteiger partial charge in [-0.2, -0.15) is 0 Å². The molecular formula is C16H22O3. The molecule has 0 aromatic heterocycles. The van der Waals surface area contributed by atoms with Crippen molar-refractivity contribution >= 4 is 11.5 Å². The number of allylic oxidation sites excluding steroid dienone is 2. The van der Waals surface area contributed by atoms with Gasteiger partial charge in [-0.3, -0.25) is 0 Å². The predicted molar refractivity (Wildman–Crippen MR) is 77.9 cm³/mol. The summed E-state index contributed by atoms with van der Waals surface area (Å²) in [5, 5.41) is 9.25. The van der Waals surface area contributed by atoms with Crippen molar-refractivity contribution < 1.29 is 14.6 Å². The third-order valence-electron chi connectivity index (χ3n) is 3.26. The highest BCUT2D eigenvalue weighted by molar-refractivity contribution is 5.96. The quantitative estimate of drug-likeness (QED) is 0.870. The second-order valence-electron chi connectivity index (χ2n) is 4.14. The number of hydrogen-bond donors (Lipinski definition) is 1. The van der Waals surface area contributed by atoms with Gasteiger partial charge < -0.3 is 9.84 Å². The molecule has 0 bridgehead atoms. The minimum absolute atomic E-state index is 0.383. The molecule has 0 amide bonds. The number of aromatic carboxylic acids is 1. The van der Waals surface area contributed by atoms with E-state index in [0.29, 0.717) is 5.56 Å². The Kier molecular flexibility index (Phi) is 5.61. The lowest BCUT2D eigenvalue weighted by Crippen LogP contribution is -2.11. The zero-order chi connectivity index (χ0) is 14.4. The maximum atomic E-state index is 11.3. The predicted octanol–water partition coefficient (Wildman–Crippen LogP) is 4.16. The summed E-state index contributed by atoms with van der Waals surface area (Å²) in [4.78, 5) is 11.3. The van der Waals surface area contributed by atoms with E-state index in [2.05, 4.69) is 0 Å². The van der Waals surface area contributed by atoms with E-state index in [1.807, 2.05) is 26.8 Å². The van der Waals surface area contributed by atoms with Crippen LogP contribution in [0.15, 0.2) is 18.2 Å². The fraction of sp³-hybridized carbons (Fsp3) is 0.438. The Hall–Kier alpha value is -1.77. The molecule has 0 unspecified atom stereocenters. The first-order chi connectivity index (χ1) is 9.19. The Morgan fingerprint density at radius 2 is 2.00 bits per heavy atom. The van der Waals surface area contributed by atoms with Crippen LogP contribution in [-0.4, -0.2) is 18.2 Å². The highest BCUT2D eigenvalue weighted by atomic mass is 16.5. The number of hydrogen-bond acceptors (Lipinski definition) is 2. The van der Waals surface area contributed by atoms with Crippen molar-refractivity contribution in [2.45, 2.75) is 40.0 Å². The minimum Gasteiger partial charge on any atom is -0.496 e. The molecule has 0 fully saturated rings. The molecule has 1 aliphatic carbocycles. The van der Waals surface area contributed by atoms with Crippen LogP contribution >= 0.6 is 0 Å². The number of carbonyl (C=O) groups is 1. The molecule has 1 aliphatic rings. The molecule has 0 aliphatic heterocycles. The van der Waals surface area contributed by atoms with Gasteiger partial charge in [-0.25, -0.2) is 4.79 Å². The van der Waals surface area contributed by atoms with Gasteiger partial charge in [0.2, 0.25) is 0 Å². The lowest BCUT2D eigenvalue weighted by atomic mass is 9.83. The molecule has 0 spiro atoms. The number of rotatable bonds is 2. The molecule has 0 radical (unpaired) electrons. The molecule has 1 aromatic carbocycles. The third-order valence-corrected chi connectivity index (χ3v) is 3.26. The van der Waals surface area contributed by atoms with Crippen molar-refractivity contribution in [2.75, 3.05) is 7.11 Å². The summed E-state index contributed by atoms with van der Waals surface area (Å²) < 4.78 is 5.32. The summed E-state index contributed by atoms with van der Waals surface area (Å²) in [6.07, 6.45) is 4.88. The second-order valence-corrected chi connectivity index (χ2v) is 4.14. The Morgan fingerprint density at radius 1 is 1.32 bits per heavy atom. The van der Waals surface area contributed by atoms with Crippen LogP contribution in [0.2, 0.25) is 0 Å². The number of carboxylic acid groups (broad SMARTS) is 1. The molecule has 0 heterocycles. The first-order valence-corrected chi connectivity index (χ1v) is 6.77. The summed E-state index contributed by atoms with van der Waals surface area (Å²) in [6, 6.07) is 3.38. The zero-order valence-corrected chi connectivity index (χ0v) is 12.1. The number of fused-ring (bicyclic) bond motifs is 1. The lowest BCUT2D eigenvalue weighted by molar-refractivity contribution is 0.0696. The topological polar surface area (TPSA) is 46.5 Å². The molecule has 2 rings (SSSR count). The van der Waals surface area contributed by atoms with Crippen LogP contribution < -0.4 is 4.74 Å². The standard InChI is InChI=1S/C14H16O3.C2H6/c1-3-9-5-4-6-10-12(17-2)8-7-11(13(9)10)14(15)16;1-2/h3,7-8H,4-6H2,1-2H3,(H,15,16);1-2H3/b9-3+;. The van der Waals surface area contributed by atoms with Crippen molar-refractivity contribution in [3.05, 3.63) is 34.9 Å². The molecule has 0 saturated carbocycles. The summed E-state index contributed by atoms with van der Waals surface area (Å²) in [6.45, 7) is 5.95. The van der Waals surface area contributed by atoms with Crippen LogP contribution in [0.25, 0.3) is 5.57 Å². The van der Waals surface area contributed by atoms with Crippen LogP contribution in [0, 0.1) is 0 Å². The lowest BCUT2D eigenvalue weighted by Gasteiger charge is -2.23. The normalized spacial score (nSPS) is 15.3. The molecular weight excluding hydrogens is 240 g/mol. The number of ether oxygens (including phenoxy) is 1. The smallest absolute Gasteiger partial charge is 0.336 e. The van der Waals surface area contributed by atoms with Crippen molar-refractivity contribution in [1.82, 2.24) is 0 Å². The summed E-state index contributed by atoms with van der Waals surface area (Å²) in [7, 11) is 1.62. The van der Waals surface area contributed by atoms with Gasteiger partial charge in [0.25, 0.3) is 0 Å². The Balaban J connectivity index is 0.000000861. The number of carboxylic acids is 1. The van der Waals surface area contributed by atoms with Gasteiger partial charge in [-0.15, -0.1) is 0 Å². The van der Waals surface area contributed by atoms with E-state index in [-0.39, 0.29) is 0 Å². The van der Waals surface area contributed by atoms with Gasteiger partial charge >= 0.3 is 5.97 Å². The molecule has 0 saturated heterocycles. The van der Waals surface area contributed by atoms with Gasteiger partial charge in [0, 0.05) is 5.56 Å². The Bertz CT molecular complexity index is 487. The van der Waals surface area contributed by atoms with E-state index in [4.69, 9.17) is 4.74 Å². The van der Waals surface area contributed by atoms with Crippen LogP contribution in [0.5, 0.6) is 5.75 Å². The van der Waals surface area contributed by atoms with Crippen molar-refractivity contribution in [3.8, 4) is 5.75 Å². The van der Waals surface area contributed by atoms with Gasteiger partial charge in [-0.1, -0.05) is 19.9 Å². The molecule has 1 aromatic rings. The third kappa shape index (κ3) is 2.98. The maximum Gasteiger partial charge on any atom is 0.336 e. The van der Waals surface area contributed by atoms with Gasteiger partial charge in [0.1, 0.15) is 5.75 Å². The fourth-order valence-electron chi connectivity index (χ4n) is 2.48. The molecule has 19 heavy (non-hydrogen) atoms. The zero-order valence-electron chi connectivity index (χ0n) is 12.1. The van der Waals surface area contributed by atoms with E-state index in [1.54, 1.807) is 19.2 Å². The maximum absolute atomic E-state index is 11.3. The summed E-state index contributed by atoms with van der Waals surface area (Å²) in [5.74, 6) is -0.0748. The highest BCUT2D eigenvalue weighted by Gasteiger charge is 2.23. The Labute approximate surface area is 114 Å². The first-order valence-electron chi connectivity index (χ1n) is 6.77. The van der Waals surface area contributed by atoms with Crippen molar-refractivity contribution in [3.63, 3.8) is 0 Å². The SMILES string of the molecule is C/C=C1\CCCc2c(OC)ccc(C(=O)O)c21.CC. The van der Waals surface area contributed by atoms with Crippen LogP contribution in [0.1, 0.15) is 55.1 Å². The van der Waals surface area contributed by atoms with Crippen molar-refractivity contribution in [2.24, 2.45) is 0 Å². The monoisotopic (exact) mass is 262 g/mol. The minimum atomic E-state index is -0.870. The first kappa shape index (κ1) is 15.3. The van der Waals surface area contributed by atoms with E-state index in [1.165, 1.54) is 0 Å². The van der Waals surface area contributed by atoms with E-state index < -0.39 is 5.97 Å². The highest BCUT2D eigenvalue weighted by Crippen LogP contribution is 2.38. The van der Waals surface area contributed by atoms with Crippen molar-refractivity contribution in [1.29, 1.82) is 0 Å². The molecule has 0 atom stereocenters. The van der Waals surface area contributed by atoms with Crippen LogP contribution in [0.3, 0.4) is 0 Å². The number of benzene rings is 1. The average Bonchev–Trinajstić information content (AvgIpc) is 2.47. The number of methoxy groups -OCH3 is 1. The molecule has 3 nitrogen and oxygen atoms in total. The Morgan fingerprint density at radius 3 is 2.53 bits per heavy atom. The average molecular weight is 262 g/mol.